The molecular weight excluding hydrogens is 230 g/mol. The lowest BCUT2D eigenvalue weighted by Crippen LogP contribution is -2.00. The normalized spacial score (nSPS) is 12.7. The van der Waals surface area contributed by atoms with Crippen molar-refractivity contribution in [1.82, 2.24) is 4.98 Å². The van der Waals surface area contributed by atoms with E-state index in [2.05, 4.69) is 4.98 Å². The Morgan fingerprint density at radius 2 is 2.07 bits per heavy atom. The first-order valence-corrected chi connectivity index (χ1v) is 5.78. The number of hydrogen-bond acceptors (Lipinski definition) is 3. The highest BCUT2D eigenvalue weighted by molar-refractivity contribution is 7.15. The highest BCUT2D eigenvalue weighted by Crippen LogP contribution is 2.25. The average Bonchev–Trinajstić information content (AvgIpc) is 2.66. The van der Waals surface area contributed by atoms with E-state index in [4.69, 9.17) is 11.6 Å². The molecule has 1 atom stereocenters. The van der Waals surface area contributed by atoms with E-state index in [1.54, 1.807) is 6.20 Å². The maximum absolute atomic E-state index is 9.88. The maximum Gasteiger partial charge on any atom is 0.123 e. The molecule has 1 aromatic carbocycles. The van der Waals surface area contributed by atoms with Crippen LogP contribution < -0.4 is 0 Å². The molecule has 0 aliphatic carbocycles. The van der Waals surface area contributed by atoms with Crippen LogP contribution in [0, 0.1) is 0 Å². The first kappa shape index (κ1) is 10.6. The van der Waals surface area contributed by atoms with Crippen molar-refractivity contribution in [3.63, 3.8) is 0 Å². The summed E-state index contributed by atoms with van der Waals surface area (Å²) in [6.45, 7) is 0. The molecule has 0 spiro atoms. The summed E-state index contributed by atoms with van der Waals surface area (Å²) in [6.07, 6.45) is 1.57. The lowest BCUT2D eigenvalue weighted by molar-refractivity contribution is 0.178. The van der Waals surface area contributed by atoms with E-state index < -0.39 is 6.10 Å². The highest BCUT2D eigenvalue weighted by atomic mass is 35.5. The summed E-state index contributed by atoms with van der Waals surface area (Å²) in [6, 6.07) is 9.83. The first-order chi connectivity index (χ1) is 7.25. The Labute approximate surface area is 97.2 Å². The average molecular weight is 240 g/mol. The Hall–Kier alpha value is -0.900. The monoisotopic (exact) mass is 239 g/mol. The summed E-state index contributed by atoms with van der Waals surface area (Å²) >= 11 is 7.07. The minimum atomic E-state index is -0.565. The van der Waals surface area contributed by atoms with Crippen LogP contribution in [0.15, 0.2) is 36.5 Å². The van der Waals surface area contributed by atoms with E-state index in [9.17, 15) is 5.11 Å². The number of hydrogen-bond donors (Lipinski definition) is 1. The van der Waals surface area contributed by atoms with Crippen molar-refractivity contribution in [2.45, 2.75) is 12.5 Å². The molecule has 2 aromatic rings. The van der Waals surface area contributed by atoms with Gasteiger partial charge in [-0.1, -0.05) is 41.9 Å². The van der Waals surface area contributed by atoms with Crippen molar-refractivity contribution < 1.29 is 5.11 Å². The molecule has 0 bridgehead atoms. The molecule has 1 heterocycles. The van der Waals surface area contributed by atoms with Crippen LogP contribution >= 0.6 is 22.9 Å². The third-order valence-electron chi connectivity index (χ3n) is 2.05. The van der Waals surface area contributed by atoms with Gasteiger partial charge in [-0.15, -0.1) is 11.3 Å². The van der Waals surface area contributed by atoms with E-state index in [1.165, 1.54) is 11.3 Å². The van der Waals surface area contributed by atoms with Gasteiger partial charge in [-0.25, -0.2) is 4.98 Å². The van der Waals surface area contributed by atoms with Crippen molar-refractivity contribution in [2.75, 3.05) is 0 Å². The molecule has 0 saturated carbocycles. The van der Waals surface area contributed by atoms with Crippen LogP contribution in [0.5, 0.6) is 0 Å². The molecule has 1 unspecified atom stereocenters. The number of nitrogens with zero attached hydrogens (tertiary/aromatic N) is 1. The standard InChI is InChI=1S/C11H10ClNOS/c12-10-7-13-11(15-10)9(14)6-8-4-2-1-3-5-8/h1-5,7,9,14H,6H2. The summed E-state index contributed by atoms with van der Waals surface area (Å²) in [4.78, 5) is 4.05. The smallest absolute Gasteiger partial charge is 0.123 e. The van der Waals surface area contributed by atoms with Gasteiger partial charge in [0.2, 0.25) is 0 Å². The molecule has 78 valence electrons. The molecule has 1 aromatic heterocycles. The van der Waals surface area contributed by atoms with E-state index in [1.807, 2.05) is 30.3 Å². The molecule has 2 nitrogen and oxygen atoms in total. The van der Waals surface area contributed by atoms with Crippen molar-refractivity contribution in [2.24, 2.45) is 0 Å². The van der Waals surface area contributed by atoms with E-state index in [0.717, 1.165) is 5.56 Å². The maximum atomic E-state index is 9.88. The number of thiazole rings is 1. The lowest BCUT2D eigenvalue weighted by atomic mass is 10.1. The molecule has 0 fully saturated rings. The second-order valence-electron chi connectivity index (χ2n) is 3.21. The van der Waals surface area contributed by atoms with Gasteiger partial charge in [-0.2, -0.15) is 0 Å². The molecule has 0 saturated heterocycles. The van der Waals surface area contributed by atoms with E-state index in [0.29, 0.717) is 15.8 Å². The van der Waals surface area contributed by atoms with Crippen molar-refractivity contribution in [3.8, 4) is 0 Å². The quantitative estimate of drug-likeness (QED) is 0.893. The molecule has 4 heteroatoms. The summed E-state index contributed by atoms with van der Waals surface area (Å²) in [5.41, 5.74) is 1.09. The number of rotatable bonds is 3. The number of halogens is 1. The SMILES string of the molecule is OC(Cc1ccccc1)c1ncc(Cl)s1. The van der Waals surface area contributed by atoms with Gasteiger partial charge in [-0.05, 0) is 5.56 Å². The van der Waals surface area contributed by atoms with Gasteiger partial charge in [-0.3, -0.25) is 0 Å². The molecule has 2 rings (SSSR count). The Balaban J connectivity index is 2.07. The van der Waals surface area contributed by atoms with Crippen LogP contribution in [0.2, 0.25) is 4.34 Å². The molecule has 0 radical (unpaired) electrons. The van der Waals surface area contributed by atoms with Crippen molar-refractivity contribution >= 4 is 22.9 Å². The van der Waals surface area contributed by atoms with Crippen LogP contribution in [0.4, 0.5) is 0 Å². The third kappa shape index (κ3) is 2.78. The molecular formula is C11H10ClNOS. The Kier molecular flexibility index (Phi) is 3.36. The van der Waals surface area contributed by atoms with Gasteiger partial charge in [0.25, 0.3) is 0 Å². The molecule has 0 aliphatic rings. The molecule has 15 heavy (non-hydrogen) atoms. The van der Waals surface area contributed by atoms with Gasteiger partial charge >= 0.3 is 0 Å². The minimum absolute atomic E-state index is 0.565. The molecule has 0 amide bonds. The number of benzene rings is 1. The Bertz CT molecular complexity index is 429. The predicted octanol–water partition coefficient (Wildman–Crippen LogP) is 3.07. The highest BCUT2D eigenvalue weighted by Gasteiger charge is 2.12. The topological polar surface area (TPSA) is 33.1 Å². The van der Waals surface area contributed by atoms with Crippen LogP contribution in [0.25, 0.3) is 0 Å². The fraction of sp³-hybridized carbons (Fsp3) is 0.182. The van der Waals surface area contributed by atoms with Crippen LogP contribution in [0.3, 0.4) is 0 Å². The van der Waals surface area contributed by atoms with Gasteiger partial charge in [0.1, 0.15) is 15.4 Å². The number of aliphatic hydroxyl groups is 1. The zero-order valence-electron chi connectivity index (χ0n) is 7.93. The summed E-state index contributed by atoms with van der Waals surface area (Å²) in [5, 5.41) is 10.5. The first-order valence-electron chi connectivity index (χ1n) is 4.59. The summed E-state index contributed by atoms with van der Waals surface area (Å²) in [7, 11) is 0. The van der Waals surface area contributed by atoms with Crippen LogP contribution in [-0.2, 0) is 6.42 Å². The van der Waals surface area contributed by atoms with Gasteiger partial charge in [0, 0.05) is 6.42 Å². The fourth-order valence-electron chi connectivity index (χ4n) is 1.35. The lowest BCUT2D eigenvalue weighted by Gasteiger charge is -2.06. The van der Waals surface area contributed by atoms with Crippen molar-refractivity contribution in [3.05, 3.63) is 51.4 Å². The van der Waals surface area contributed by atoms with Crippen LogP contribution in [0.1, 0.15) is 16.7 Å². The Morgan fingerprint density at radius 3 is 2.67 bits per heavy atom. The third-order valence-corrected chi connectivity index (χ3v) is 3.27. The summed E-state index contributed by atoms with van der Waals surface area (Å²) < 4.78 is 0.608. The van der Waals surface area contributed by atoms with Gasteiger partial charge < -0.3 is 5.11 Å². The largest absolute Gasteiger partial charge is 0.386 e. The predicted molar refractivity (Wildman–Crippen MR) is 62.2 cm³/mol. The van der Waals surface area contributed by atoms with Gasteiger partial charge in [0.15, 0.2) is 0 Å². The van der Waals surface area contributed by atoms with E-state index >= 15 is 0 Å². The second kappa shape index (κ2) is 4.75. The van der Waals surface area contributed by atoms with E-state index in [-0.39, 0.29) is 0 Å². The Morgan fingerprint density at radius 1 is 1.33 bits per heavy atom. The summed E-state index contributed by atoms with van der Waals surface area (Å²) in [5.74, 6) is 0. The van der Waals surface area contributed by atoms with Crippen molar-refractivity contribution in [1.29, 1.82) is 0 Å². The fourth-order valence-corrected chi connectivity index (χ4v) is 2.26. The van der Waals surface area contributed by atoms with Gasteiger partial charge in [0.05, 0.1) is 6.20 Å². The minimum Gasteiger partial charge on any atom is -0.386 e. The van der Waals surface area contributed by atoms with Crippen LogP contribution in [-0.4, -0.2) is 10.1 Å². The number of aliphatic hydroxyl groups excluding tert-OH is 1. The zero-order valence-corrected chi connectivity index (χ0v) is 9.50. The second-order valence-corrected chi connectivity index (χ2v) is 4.90. The molecule has 0 aliphatic heterocycles. The number of aromatic nitrogens is 1. The zero-order chi connectivity index (χ0) is 10.7. The molecule has 1 N–H and O–H groups in total.